The van der Waals surface area contributed by atoms with E-state index >= 15 is 0 Å². The largest absolute Gasteiger partial charge is 0.465 e. The highest BCUT2D eigenvalue weighted by molar-refractivity contribution is 5.95. The Labute approximate surface area is 120 Å². The topological polar surface area (TPSA) is 56.5 Å². The van der Waals surface area contributed by atoms with Crippen molar-refractivity contribution in [3.63, 3.8) is 0 Å². The number of ether oxygens (including phenoxy) is 1. The van der Waals surface area contributed by atoms with Crippen LogP contribution >= 0.6 is 0 Å². The van der Waals surface area contributed by atoms with Gasteiger partial charge in [0.05, 0.1) is 7.11 Å². The van der Waals surface area contributed by atoms with E-state index in [-0.39, 0.29) is 5.82 Å². The van der Waals surface area contributed by atoms with Gasteiger partial charge in [-0.25, -0.2) is 18.7 Å². The molecule has 106 valence electrons. The number of rotatable bonds is 3. The molecule has 0 aliphatic rings. The van der Waals surface area contributed by atoms with Crippen LogP contribution in [0.2, 0.25) is 0 Å². The molecule has 3 rings (SSSR count). The summed E-state index contributed by atoms with van der Waals surface area (Å²) in [5.74, 6) is -0.186. The summed E-state index contributed by atoms with van der Waals surface area (Å²) in [4.78, 5) is 16.0. The van der Waals surface area contributed by atoms with Gasteiger partial charge < -0.3 is 4.74 Å². The number of esters is 1. The molecule has 2 heterocycles. The molecule has 2 aromatic heterocycles. The van der Waals surface area contributed by atoms with Gasteiger partial charge in [-0.2, -0.15) is 5.10 Å². The van der Waals surface area contributed by atoms with Crippen molar-refractivity contribution in [1.29, 1.82) is 0 Å². The van der Waals surface area contributed by atoms with Gasteiger partial charge in [0.25, 0.3) is 0 Å². The number of nitrogens with zero attached hydrogens (tertiary/aromatic N) is 3. The zero-order valence-electron chi connectivity index (χ0n) is 11.3. The van der Waals surface area contributed by atoms with Crippen LogP contribution in [0.3, 0.4) is 0 Å². The number of halogens is 1. The van der Waals surface area contributed by atoms with E-state index in [2.05, 4.69) is 10.1 Å². The minimum absolute atomic E-state index is 0.283. The molecule has 0 fully saturated rings. The van der Waals surface area contributed by atoms with Crippen LogP contribution in [0.5, 0.6) is 0 Å². The zero-order valence-corrected chi connectivity index (χ0v) is 11.3. The number of carbonyl (C=O) groups is 1. The van der Waals surface area contributed by atoms with Crippen LogP contribution in [0.4, 0.5) is 4.39 Å². The first-order valence-corrected chi connectivity index (χ1v) is 6.34. The molecule has 0 unspecified atom stereocenters. The van der Waals surface area contributed by atoms with E-state index in [4.69, 9.17) is 4.74 Å². The Morgan fingerprint density at radius 1 is 1.29 bits per heavy atom. The van der Waals surface area contributed by atoms with E-state index in [9.17, 15) is 9.18 Å². The Morgan fingerprint density at radius 3 is 2.76 bits per heavy atom. The minimum Gasteiger partial charge on any atom is -0.465 e. The molecular weight excluding hydrogens is 273 g/mol. The van der Waals surface area contributed by atoms with Gasteiger partial charge in [-0.1, -0.05) is 12.1 Å². The molecule has 0 spiro atoms. The summed E-state index contributed by atoms with van der Waals surface area (Å²) >= 11 is 0. The third-order valence-corrected chi connectivity index (χ3v) is 3.09. The molecule has 0 saturated carbocycles. The molecular formula is C15H12FN3O2. The van der Waals surface area contributed by atoms with Crippen molar-refractivity contribution in [3.8, 4) is 0 Å². The normalized spacial score (nSPS) is 10.8. The van der Waals surface area contributed by atoms with Gasteiger partial charge >= 0.3 is 5.97 Å². The quantitative estimate of drug-likeness (QED) is 0.693. The van der Waals surface area contributed by atoms with Crippen molar-refractivity contribution < 1.29 is 13.9 Å². The predicted octanol–water partition coefficient (Wildman–Crippen LogP) is 2.25. The summed E-state index contributed by atoms with van der Waals surface area (Å²) in [6.07, 6.45) is 2.17. The second-order valence-electron chi connectivity index (χ2n) is 4.51. The molecule has 6 heteroatoms. The van der Waals surface area contributed by atoms with Gasteiger partial charge in [0.15, 0.2) is 11.5 Å². The summed E-state index contributed by atoms with van der Waals surface area (Å²) in [7, 11) is 1.32. The molecule has 0 aliphatic carbocycles. The first kappa shape index (κ1) is 13.2. The third-order valence-electron chi connectivity index (χ3n) is 3.09. The highest BCUT2D eigenvalue weighted by atomic mass is 19.1. The van der Waals surface area contributed by atoms with Gasteiger partial charge in [0.2, 0.25) is 0 Å². The first-order chi connectivity index (χ1) is 10.2. The monoisotopic (exact) mass is 285 g/mol. The number of benzene rings is 1. The van der Waals surface area contributed by atoms with Gasteiger partial charge in [0.1, 0.15) is 11.4 Å². The number of pyridine rings is 1. The average Bonchev–Trinajstić information content (AvgIpc) is 2.91. The molecule has 0 amide bonds. The third kappa shape index (κ3) is 2.60. The maximum absolute atomic E-state index is 12.9. The molecule has 0 aliphatic heterocycles. The lowest BCUT2D eigenvalue weighted by atomic mass is 10.1. The van der Waals surface area contributed by atoms with E-state index < -0.39 is 5.97 Å². The van der Waals surface area contributed by atoms with Gasteiger partial charge in [0, 0.05) is 12.6 Å². The summed E-state index contributed by atoms with van der Waals surface area (Å²) in [5.41, 5.74) is 1.70. The molecule has 0 atom stereocenters. The standard InChI is InChI=1S/C15H12FN3O2/c1-21-15(20)12-3-2-8-19-14(12)17-13(18-19)9-10-4-6-11(16)7-5-10/h2-8H,9H2,1H3. The van der Waals surface area contributed by atoms with Crippen molar-refractivity contribution in [2.75, 3.05) is 7.11 Å². The van der Waals surface area contributed by atoms with Crippen molar-refractivity contribution in [2.45, 2.75) is 6.42 Å². The van der Waals surface area contributed by atoms with Gasteiger partial charge in [-0.3, -0.25) is 0 Å². The highest BCUT2D eigenvalue weighted by Gasteiger charge is 2.14. The summed E-state index contributed by atoms with van der Waals surface area (Å²) < 4.78 is 19.1. The van der Waals surface area contributed by atoms with Crippen LogP contribution in [-0.2, 0) is 11.2 Å². The SMILES string of the molecule is COC(=O)c1cccn2nc(Cc3ccc(F)cc3)nc12. The average molecular weight is 285 g/mol. The fraction of sp³-hybridized carbons (Fsp3) is 0.133. The van der Waals surface area contributed by atoms with Crippen molar-refractivity contribution in [3.05, 3.63) is 65.4 Å². The molecule has 5 nitrogen and oxygen atoms in total. The Kier molecular flexibility index (Phi) is 3.35. The van der Waals surface area contributed by atoms with Crippen LogP contribution < -0.4 is 0 Å². The second kappa shape index (κ2) is 5.32. The Hall–Kier alpha value is -2.76. The molecule has 3 aromatic rings. The number of hydrogen-bond donors (Lipinski definition) is 0. The van der Waals surface area contributed by atoms with Gasteiger partial charge in [-0.15, -0.1) is 0 Å². The summed E-state index contributed by atoms with van der Waals surface area (Å²) in [6, 6.07) is 9.49. The fourth-order valence-electron chi connectivity index (χ4n) is 2.08. The van der Waals surface area contributed by atoms with Crippen molar-refractivity contribution in [1.82, 2.24) is 14.6 Å². The molecule has 0 saturated heterocycles. The number of aromatic nitrogens is 3. The van der Waals surface area contributed by atoms with E-state index in [0.717, 1.165) is 5.56 Å². The molecule has 1 aromatic carbocycles. The smallest absolute Gasteiger partial charge is 0.341 e. The van der Waals surface area contributed by atoms with Gasteiger partial charge in [-0.05, 0) is 29.8 Å². The molecule has 0 radical (unpaired) electrons. The zero-order chi connectivity index (χ0) is 14.8. The summed E-state index contributed by atoms with van der Waals surface area (Å²) in [5, 5.41) is 4.31. The fourth-order valence-corrected chi connectivity index (χ4v) is 2.08. The van der Waals surface area contributed by atoms with Crippen LogP contribution in [0.25, 0.3) is 5.65 Å². The Morgan fingerprint density at radius 2 is 2.05 bits per heavy atom. The van der Waals surface area contributed by atoms with Crippen LogP contribution in [0.15, 0.2) is 42.6 Å². The number of carbonyl (C=O) groups excluding carboxylic acids is 1. The summed E-state index contributed by atoms with van der Waals surface area (Å²) in [6.45, 7) is 0. The van der Waals surface area contributed by atoms with Crippen molar-refractivity contribution >= 4 is 11.6 Å². The first-order valence-electron chi connectivity index (χ1n) is 6.34. The van der Waals surface area contributed by atoms with Crippen molar-refractivity contribution in [2.24, 2.45) is 0 Å². The molecule has 0 N–H and O–H groups in total. The van der Waals surface area contributed by atoms with Crippen LogP contribution in [-0.4, -0.2) is 27.7 Å². The van der Waals surface area contributed by atoms with E-state index in [1.54, 1.807) is 30.5 Å². The minimum atomic E-state index is -0.457. The molecule has 0 bridgehead atoms. The van der Waals surface area contributed by atoms with E-state index in [1.165, 1.54) is 23.8 Å². The Balaban J connectivity index is 1.97. The lowest BCUT2D eigenvalue weighted by Gasteiger charge is -1.99. The van der Waals surface area contributed by atoms with Crippen LogP contribution in [0.1, 0.15) is 21.7 Å². The predicted molar refractivity (Wildman–Crippen MR) is 73.5 cm³/mol. The second-order valence-corrected chi connectivity index (χ2v) is 4.51. The number of methoxy groups -OCH3 is 1. The van der Waals surface area contributed by atoms with E-state index in [1.807, 2.05) is 0 Å². The lowest BCUT2D eigenvalue weighted by molar-refractivity contribution is 0.0602. The number of hydrogen-bond acceptors (Lipinski definition) is 4. The lowest BCUT2D eigenvalue weighted by Crippen LogP contribution is -2.04. The molecule has 21 heavy (non-hydrogen) atoms. The highest BCUT2D eigenvalue weighted by Crippen LogP contribution is 2.13. The number of fused-ring (bicyclic) bond motifs is 1. The Bertz CT molecular complexity index is 796. The van der Waals surface area contributed by atoms with Crippen LogP contribution in [0, 0.1) is 5.82 Å². The maximum Gasteiger partial charge on any atom is 0.341 e. The van der Waals surface area contributed by atoms with E-state index in [0.29, 0.717) is 23.5 Å². The maximum atomic E-state index is 12.9.